The molecule has 0 aromatic carbocycles. The summed E-state index contributed by atoms with van der Waals surface area (Å²) in [6, 6.07) is 0. The topological polar surface area (TPSA) is 155 Å². The van der Waals surface area contributed by atoms with Crippen LogP contribution in [0.4, 0.5) is 0 Å². The molecule has 56 heavy (non-hydrogen) atoms. The summed E-state index contributed by atoms with van der Waals surface area (Å²) in [5.74, 6) is -0.946. The molecule has 0 spiro atoms. The lowest BCUT2D eigenvalue weighted by Crippen LogP contribution is -2.29. The number of ether oxygens (including phenoxy) is 2. The number of nitrogens with two attached hydrogens (primary N) is 1. The van der Waals surface area contributed by atoms with Crippen molar-refractivity contribution >= 4 is 19.8 Å². The van der Waals surface area contributed by atoms with Crippen LogP contribution in [0, 0.1) is 0 Å². The molecule has 322 valence electrons. The van der Waals surface area contributed by atoms with Crippen molar-refractivity contribution in [2.24, 2.45) is 5.73 Å². The maximum Gasteiger partial charge on any atom is 0.472 e. The Morgan fingerprint density at radius 3 is 1.89 bits per heavy atom. The maximum absolute atomic E-state index is 12.6. The highest BCUT2D eigenvalue weighted by molar-refractivity contribution is 7.47. The summed E-state index contributed by atoms with van der Waals surface area (Å²) in [6.07, 6.45) is 45.4. The number of carbonyl (C=O) groups is 2. The number of unbranched alkanes of at least 4 members (excludes halogenated alkanes) is 14. The lowest BCUT2D eigenvalue weighted by Gasteiger charge is -2.19. The van der Waals surface area contributed by atoms with Gasteiger partial charge in [0.25, 0.3) is 0 Å². The molecule has 2 unspecified atom stereocenters. The molecule has 0 rings (SSSR count). The monoisotopic (exact) mass is 808 g/mol. The lowest BCUT2D eigenvalue weighted by atomic mass is 10.1. The summed E-state index contributed by atoms with van der Waals surface area (Å²) in [6.45, 7) is 3.43. The molecule has 0 aromatic heterocycles. The zero-order valence-electron chi connectivity index (χ0n) is 35.0. The van der Waals surface area contributed by atoms with Gasteiger partial charge in [-0.3, -0.25) is 18.6 Å². The largest absolute Gasteiger partial charge is 0.472 e. The van der Waals surface area contributed by atoms with E-state index in [1.54, 1.807) is 6.08 Å². The number of rotatable bonds is 39. The number of phosphoric acid groups is 1. The Hall–Kier alpha value is -2.59. The van der Waals surface area contributed by atoms with E-state index in [0.29, 0.717) is 32.1 Å². The average Bonchev–Trinajstić information content (AvgIpc) is 3.18. The van der Waals surface area contributed by atoms with Crippen LogP contribution >= 0.6 is 7.82 Å². The predicted molar refractivity (Wildman–Crippen MR) is 230 cm³/mol. The molecule has 11 heteroatoms. The Kier molecular flexibility index (Phi) is 38.7. The van der Waals surface area contributed by atoms with Gasteiger partial charge in [0.2, 0.25) is 0 Å². The van der Waals surface area contributed by atoms with Crippen LogP contribution in [0.15, 0.2) is 72.9 Å². The van der Waals surface area contributed by atoms with Gasteiger partial charge in [0, 0.05) is 19.4 Å². The molecule has 0 heterocycles. The number of phosphoric ester groups is 1. The predicted octanol–water partition coefficient (Wildman–Crippen LogP) is 11.2. The van der Waals surface area contributed by atoms with Crippen molar-refractivity contribution in [2.45, 2.75) is 174 Å². The van der Waals surface area contributed by atoms with E-state index in [1.807, 2.05) is 42.5 Å². The highest BCUT2D eigenvalue weighted by Gasteiger charge is 2.25. The molecule has 0 radical (unpaired) electrons. The summed E-state index contributed by atoms with van der Waals surface area (Å²) in [4.78, 5) is 34.8. The SMILES string of the molecule is CC/C=C\C/C=C\CC(O)/C=C/C=C\C/C=C\CCCC(=O)O[C@H](COC(=O)CCCCCCCCC/C=C\CCCCCCCC)COP(=O)(O)OCCN. The molecule has 3 atom stereocenters. The van der Waals surface area contributed by atoms with Crippen molar-refractivity contribution in [3.05, 3.63) is 72.9 Å². The summed E-state index contributed by atoms with van der Waals surface area (Å²) in [5, 5.41) is 10.0. The average molecular weight is 808 g/mol. The number of hydrogen-bond donors (Lipinski definition) is 3. The van der Waals surface area contributed by atoms with Gasteiger partial charge in [-0.05, 0) is 70.6 Å². The molecular formula is C45H78NO9P. The van der Waals surface area contributed by atoms with E-state index in [1.165, 1.54) is 64.2 Å². The zero-order chi connectivity index (χ0) is 41.2. The van der Waals surface area contributed by atoms with E-state index >= 15 is 0 Å². The minimum absolute atomic E-state index is 0.0304. The Labute approximate surface area is 340 Å². The van der Waals surface area contributed by atoms with Crippen molar-refractivity contribution in [1.82, 2.24) is 0 Å². The quantitative estimate of drug-likeness (QED) is 0.0180. The van der Waals surface area contributed by atoms with E-state index in [2.05, 4.69) is 38.2 Å². The van der Waals surface area contributed by atoms with Gasteiger partial charge in [-0.15, -0.1) is 0 Å². The van der Waals surface area contributed by atoms with E-state index in [0.717, 1.165) is 38.5 Å². The van der Waals surface area contributed by atoms with Crippen molar-refractivity contribution in [3.8, 4) is 0 Å². The number of carbonyl (C=O) groups excluding carboxylic acids is 2. The van der Waals surface area contributed by atoms with Crippen molar-refractivity contribution in [2.75, 3.05) is 26.4 Å². The van der Waals surface area contributed by atoms with Crippen LogP contribution in [0.2, 0.25) is 0 Å². The summed E-state index contributed by atoms with van der Waals surface area (Å²) < 4.78 is 32.7. The fourth-order valence-electron chi connectivity index (χ4n) is 5.45. The van der Waals surface area contributed by atoms with Crippen LogP contribution < -0.4 is 5.73 Å². The van der Waals surface area contributed by atoms with E-state index < -0.39 is 38.6 Å². The smallest absolute Gasteiger partial charge is 0.462 e. The van der Waals surface area contributed by atoms with Gasteiger partial charge in [0.1, 0.15) is 6.61 Å². The summed E-state index contributed by atoms with van der Waals surface area (Å²) in [7, 11) is -4.41. The van der Waals surface area contributed by atoms with Crippen LogP contribution in [0.3, 0.4) is 0 Å². The standard InChI is InChI=1S/C45H78NO9P/c1-3-5-7-9-11-12-13-14-15-16-17-18-19-20-24-28-32-36-44(48)52-40-43(41-54-56(50,51)53-39-38-46)55-45(49)37-33-29-25-22-21-23-27-31-35-42(47)34-30-26-10-8-6-4-2/h6,8,14-15,22-23,25-27,30-31,35,42-43,47H,3-5,7,9-13,16-21,24,28-29,32-34,36-41,46H2,1-2H3,(H,50,51)/b8-6-,15-14-,25-22-,27-23-,30-26-,35-31+/t42?,43-/m1/s1. The lowest BCUT2D eigenvalue weighted by molar-refractivity contribution is -0.161. The Bertz CT molecular complexity index is 1160. The zero-order valence-corrected chi connectivity index (χ0v) is 35.8. The normalized spacial score (nSPS) is 14.6. The first kappa shape index (κ1) is 53.4. The van der Waals surface area contributed by atoms with Crippen LogP contribution in [0.5, 0.6) is 0 Å². The molecule has 0 saturated heterocycles. The molecule has 0 aliphatic rings. The van der Waals surface area contributed by atoms with Crippen molar-refractivity contribution < 1.29 is 42.7 Å². The van der Waals surface area contributed by atoms with Crippen LogP contribution in [-0.4, -0.2) is 60.5 Å². The Morgan fingerprint density at radius 1 is 0.643 bits per heavy atom. The molecule has 0 aliphatic heterocycles. The number of aliphatic hydroxyl groups excluding tert-OH is 1. The fourth-order valence-corrected chi connectivity index (χ4v) is 6.22. The first-order valence-electron chi connectivity index (χ1n) is 21.5. The van der Waals surface area contributed by atoms with E-state index in [4.69, 9.17) is 24.3 Å². The summed E-state index contributed by atoms with van der Waals surface area (Å²) >= 11 is 0. The second kappa shape index (κ2) is 40.6. The van der Waals surface area contributed by atoms with Crippen LogP contribution in [0.1, 0.15) is 162 Å². The van der Waals surface area contributed by atoms with E-state index in [-0.39, 0.29) is 32.6 Å². The fraction of sp³-hybridized carbons (Fsp3) is 0.689. The Balaban J connectivity index is 4.33. The highest BCUT2D eigenvalue weighted by atomic mass is 31.2. The van der Waals surface area contributed by atoms with Gasteiger partial charge >= 0.3 is 19.8 Å². The maximum atomic E-state index is 12.6. The minimum atomic E-state index is -4.41. The minimum Gasteiger partial charge on any atom is -0.462 e. The van der Waals surface area contributed by atoms with Gasteiger partial charge in [-0.25, -0.2) is 4.57 Å². The molecule has 0 fully saturated rings. The van der Waals surface area contributed by atoms with Gasteiger partial charge in [0.05, 0.1) is 19.3 Å². The third-order valence-corrected chi connectivity index (χ3v) is 9.64. The number of hydrogen-bond acceptors (Lipinski definition) is 9. The number of esters is 2. The van der Waals surface area contributed by atoms with Gasteiger partial charge in [0.15, 0.2) is 6.10 Å². The van der Waals surface area contributed by atoms with Crippen LogP contribution in [-0.2, 0) is 32.7 Å². The molecular weight excluding hydrogens is 729 g/mol. The highest BCUT2D eigenvalue weighted by Crippen LogP contribution is 2.43. The Morgan fingerprint density at radius 2 is 1.21 bits per heavy atom. The third kappa shape index (κ3) is 39.6. The van der Waals surface area contributed by atoms with Crippen molar-refractivity contribution in [3.63, 3.8) is 0 Å². The molecule has 0 amide bonds. The molecule has 0 bridgehead atoms. The first-order chi connectivity index (χ1) is 27.2. The summed E-state index contributed by atoms with van der Waals surface area (Å²) in [5.41, 5.74) is 5.34. The molecule has 4 N–H and O–H groups in total. The van der Waals surface area contributed by atoms with Crippen LogP contribution in [0.25, 0.3) is 0 Å². The number of aliphatic hydroxyl groups is 1. The molecule has 0 saturated carbocycles. The van der Waals surface area contributed by atoms with E-state index in [9.17, 15) is 24.2 Å². The molecule has 0 aromatic rings. The van der Waals surface area contributed by atoms with Crippen molar-refractivity contribution in [1.29, 1.82) is 0 Å². The first-order valence-corrected chi connectivity index (χ1v) is 23.0. The second-order valence-corrected chi connectivity index (χ2v) is 15.5. The number of allylic oxidation sites excluding steroid dienone is 10. The molecule has 0 aliphatic carbocycles. The van der Waals surface area contributed by atoms with Gasteiger partial charge in [-0.1, -0.05) is 151 Å². The molecule has 10 nitrogen and oxygen atoms in total. The third-order valence-electron chi connectivity index (χ3n) is 8.66. The second-order valence-electron chi connectivity index (χ2n) is 14.0. The van der Waals surface area contributed by atoms with Gasteiger partial charge in [-0.2, -0.15) is 0 Å². The van der Waals surface area contributed by atoms with Gasteiger partial charge < -0.3 is 25.2 Å².